The van der Waals surface area contributed by atoms with E-state index in [9.17, 15) is 4.79 Å². The lowest BCUT2D eigenvalue weighted by atomic mass is 9.81. The van der Waals surface area contributed by atoms with Crippen molar-refractivity contribution in [1.82, 2.24) is 9.88 Å². The van der Waals surface area contributed by atoms with Crippen molar-refractivity contribution >= 4 is 11.6 Å². The van der Waals surface area contributed by atoms with Crippen LogP contribution < -0.4 is 4.90 Å². The van der Waals surface area contributed by atoms with E-state index in [4.69, 9.17) is 9.72 Å². The molecule has 162 valence electrons. The Morgan fingerprint density at radius 3 is 2.56 bits per heavy atom. The molecule has 1 atom stereocenters. The Hall–Kier alpha value is -3.18. The number of hydrogen-bond donors (Lipinski definition) is 0. The van der Waals surface area contributed by atoms with Crippen molar-refractivity contribution in [3.63, 3.8) is 0 Å². The van der Waals surface area contributed by atoms with E-state index in [1.54, 1.807) is 0 Å². The van der Waals surface area contributed by atoms with E-state index in [2.05, 4.69) is 66.4 Å². The van der Waals surface area contributed by atoms with Crippen LogP contribution in [0.3, 0.4) is 0 Å². The number of amides is 1. The van der Waals surface area contributed by atoms with Crippen molar-refractivity contribution in [3.8, 4) is 0 Å². The quantitative estimate of drug-likeness (QED) is 0.641. The largest absolute Gasteiger partial charge is 0.378 e. The summed E-state index contributed by atoms with van der Waals surface area (Å²) < 4.78 is 5.59. The van der Waals surface area contributed by atoms with E-state index in [1.165, 1.54) is 16.7 Å². The first-order chi connectivity index (χ1) is 15.7. The number of benzene rings is 2. The highest BCUT2D eigenvalue weighted by molar-refractivity contribution is 6.01. The number of ether oxygens (including phenoxy) is 1. The number of pyridine rings is 1. The minimum Gasteiger partial charge on any atom is -0.378 e. The minimum absolute atomic E-state index is 0.102. The SMILES string of the molecule is CC12c3ccccc3CCN1C(=O)c1cc(N3CCOCC3)c(Cc3ccccc3)nc12. The van der Waals surface area contributed by atoms with E-state index in [0.717, 1.165) is 55.1 Å². The van der Waals surface area contributed by atoms with E-state index in [0.29, 0.717) is 13.2 Å². The number of carbonyl (C=O) groups is 1. The zero-order valence-corrected chi connectivity index (χ0v) is 18.4. The fraction of sp³-hybridized carbons (Fsp3) is 0.333. The molecule has 6 rings (SSSR count). The van der Waals surface area contributed by atoms with Crippen LogP contribution >= 0.6 is 0 Å². The fourth-order valence-corrected chi connectivity index (χ4v) is 5.59. The second kappa shape index (κ2) is 7.45. The maximum atomic E-state index is 13.6. The molecule has 1 saturated heterocycles. The predicted octanol–water partition coefficient (Wildman–Crippen LogP) is 3.78. The zero-order chi connectivity index (χ0) is 21.7. The Kier molecular flexibility index (Phi) is 4.54. The van der Waals surface area contributed by atoms with Gasteiger partial charge in [0.05, 0.1) is 35.9 Å². The molecule has 0 aliphatic carbocycles. The molecular formula is C27H27N3O2. The van der Waals surface area contributed by atoms with E-state index >= 15 is 0 Å². The summed E-state index contributed by atoms with van der Waals surface area (Å²) in [4.78, 5) is 23.2. The highest BCUT2D eigenvalue weighted by Crippen LogP contribution is 2.48. The van der Waals surface area contributed by atoms with Crippen molar-refractivity contribution < 1.29 is 9.53 Å². The van der Waals surface area contributed by atoms with Gasteiger partial charge >= 0.3 is 0 Å². The maximum absolute atomic E-state index is 13.6. The second-order valence-electron chi connectivity index (χ2n) is 9.05. The molecule has 3 aliphatic heterocycles. The molecule has 1 aromatic heterocycles. The molecule has 0 N–H and O–H groups in total. The summed E-state index contributed by atoms with van der Waals surface area (Å²) in [7, 11) is 0. The van der Waals surface area contributed by atoms with Crippen LogP contribution in [0.2, 0.25) is 0 Å². The van der Waals surface area contributed by atoms with Gasteiger partial charge in [-0.05, 0) is 36.1 Å². The summed E-state index contributed by atoms with van der Waals surface area (Å²) in [6, 6.07) is 21.1. The number of rotatable bonds is 3. The molecule has 1 unspecified atom stereocenters. The van der Waals surface area contributed by atoms with Crippen LogP contribution in [0.4, 0.5) is 5.69 Å². The lowest BCUT2D eigenvalue weighted by molar-refractivity contribution is 0.0627. The van der Waals surface area contributed by atoms with E-state index < -0.39 is 5.54 Å². The van der Waals surface area contributed by atoms with Crippen molar-refractivity contribution in [2.45, 2.75) is 25.3 Å². The molecule has 0 bridgehead atoms. The molecule has 5 nitrogen and oxygen atoms in total. The van der Waals surface area contributed by atoms with Gasteiger partial charge in [-0.3, -0.25) is 9.78 Å². The molecule has 1 amide bonds. The maximum Gasteiger partial charge on any atom is 0.256 e. The molecule has 5 heteroatoms. The molecular weight excluding hydrogens is 398 g/mol. The van der Waals surface area contributed by atoms with Gasteiger partial charge in [-0.25, -0.2) is 0 Å². The van der Waals surface area contributed by atoms with Crippen molar-refractivity contribution in [3.05, 3.63) is 94.3 Å². The van der Waals surface area contributed by atoms with Crippen LogP contribution in [-0.4, -0.2) is 48.6 Å². The molecule has 4 heterocycles. The van der Waals surface area contributed by atoms with Crippen LogP contribution in [0, 0.1) is 0 Å². The van der Waals surface area contributed by atoms with Crippen molar-refractivity contribution in [1.29, 1.82) is 0 Å². The lowest BCUT2D eigenvalue weighted by Gasteiger charge is -2.41. The van der Waals surface area contributed by atoms with Crippen molar-refractivity contribution in [2.75, 3.05) is 37.7 Å². The Balaban J connectivity index is 1.54. The highest BCUT2D eigenvalue weighted by Gasteiger charge is 2.51. The molecule has 0 saturated carbocycles. The number of nitrogens with zero attached hydrogens (tertiary/aromatic N) is 3. The first kappa shape index (κ1) is 19.5. The number of hydrogen-bond acceptors (Lipinski definition) is 4. The highest BCUT2D eigenvalue weighted by atomic mass is 16.5. The average molecular weight is 426 g/mol. The summed E-state index contributed by atoms with van der Waals surface area (Å²) in [6.45, 7) is 5.94. The minimum atomic E-state index is -0.518. The van der Waals surface area contributed by atoms with Crippen molar-refractivity contribution in [2.24, 2.45) is 0 Å². The smallest absolute Gasteiger partial charge is 0.256 e. The zero-order valence-electron chi connectivity index (χ0n) is 18.4. The Morgan fingerprint density at radius 1 is 1.00 bits per heavy atom. The lowest BCUT2D eigenvalue weighted by Crippen LogP contribution is -2.47. The normalized spacial score (nSPS) is 21.8. The number of fused-ring (bicyclic) bond motifs is 5. The van der Waals surface area contributed by atoms with Gasteiger partial charge in [0.2, 0.25) is 0 Å². The van der Waals surface area contributed by atoms with Gasteiger partial charge < -0.3 is 14.5 Å². The molecule has 0 spiro atoms. The molecule has 32 heavy (non-hydrogen) atoms. The van der Waals surface area contributed by atoms with Gasteiger partial charge in [-0.2, -0.15) is 0 Å². The van der Waals surface area contributed by atoms with Crippen LogP contribution in [0.25, 0.3) is 0 Å². The molecule has 0 radical (unpaired) electrons. The number of morpholine rings is 1. The van der Waals surface area contributed by atoms with Crippen LogP contribution in [0.5, 0.6) is 0 Å². The Morgan fingerprint density at radius 2 is 1.75 bits per heavy atom. The molecule has 2 aromatic carbocycles. The summed E-state index contributed by atoms with van der Waals surface area (Å²) in [5, 5.41) is 0. The topological polar surface area (TPSA) is 45.7 Å². The monoisotopic (exact) mass is 425 g/mol. The molecule has 1 fully saturated rings. The Labute approximate surface area is 188 Å². The predicted molar refractivity (Wildman–Crippen MR) is 124 cm³/mol. The number of anilines is 1. The second-order valence-corrected chi connectivity index (χ2v) is 9.05. The third-order valence-corrected chi connectivity index (χ3v) is 7.27. The summed E-state index contributed by atoms with van der Waals surface area (Å²) in [6.07, 6.45) is 1.63. The van der Waals surface area contributed by atoms with Gasteiger partial charge in [0.25, 0.3) is 5.91 Å². The summed E-state index contributed by atoms with van der Waals surface area (Å²) in [5.74, 6) is 0.102. The molecule has 3 aliphatic rings. The van der Waals surface area contributed by atoms with E-state index in [1.807, 2.05) is 11.0 Å². The summed E-state index contributed by atoms with van der Waals surface area (Å²) in [5.41, 5.74) is 6.99. The van der Waals surface area contributed by atoms with Gasteiger partial charge in [0.15, 0.2) is 0 Å². The fourth-order valence-electron chi connectivity index (χ4n) is 5.59. The van der Waals surface area contributed by atoms with Crippen LogP contribution in [-0.2, 0) is 23.1 Å². The Bertz CT molecular complexity index is 1190. The first-order valence-electron chi connectivity index (χ1n) is 11.5. The summed E-state index contributed by atoms with van der Waals surface area (Å²) >= 11 is 0. The van der Waals surface area contributed by atoms with Crippen LogP contribution in [0.1, 0.15) is 45.4 Å². The molecule has 3 aromatic rings. The van der Waals surface area contributed by atoms with Crippen LogP contribution in [0.15, 0.2) is 60.7 Å². The third-order valence-electron chi connectivity index (χ3n) is 7.27. The van der Waals surface area contributed by atoms with Gasteiger partial charge in [-0.1, -0.05) is 54.6 Å². The standard InChI is InChI=1S/C27H27N3O2/c1-27-22-10-6-5-9-20(22)11-12-30(27)26(31)21-18-24(29-13-15-32-16-14-29)23(28-25(21)27)17-19-7-3-2-4-8-19/h2-10,18H,11-17H2,1H3. The van der Waals surface area contributed by atoms with Gasteiger partial charge in [0.1, 0.15) is 5.54 Å². The van der Waals surface area contributed by atoms with Gasteiger partial charge in [-0.15, -0.1) is 0 Å². The average Bonchev–Trinajstić information content (AvgIpc) is 3.06. The first-order valence-corrected chi connectivity index (χ1v) is 11.5. The van der Waals surface area contributed by atoms with E-state index in [-0.39, 0.29) is 5.91 Å². The number of carbonyl (C=O) groups excluding carboxylic acids is 1. The third kappa shape index (κ3) is 2.88. The van der Waals surface area contributed by atoms with Gasteiger partial charge in [0, 0.05) is 26.1 Å². The number of aromatic nitrogens is 1.